The van der Waals surface area contributed by atoms with Crippen LogP contribution < -0.4 is 16.4 Å². The minimum Gasteiger partial charge on any atom is -0.481 e. The van der Waals surface area contributed by atoms with E-state index in [2.05, 4.69) is 10.6 Å². The first-order valence-corrected chi connectivity index (χ1v) is 7.19. The third-order valence-electron chi connectivity index (χ3n) is 3.01. The number of aliphatic carboxylic acids is 3. The molecule has 0 rings (SSSR count). The molecule has 0 aromatic carbocycles. The van der Waals surface area contributed by atoms with Crippen LogP contribution in [0.3, 0.4) is 0 Å². The van der Waals surface area contributed by atoms with Crippen molar-refractivity contribution < 1.29 is 34.5 Å². The van der Waals surface area contributed by atoms with Gasteiger partial charge in [0, 0.05) is 12.5 Å². The Bertz CT molecular complexity index is 428. The molecule has 0 heterocycles. The number of rotatable bonds is 12. The van der Waals surface area contributed by atoms with Gasteiger partial charge in [0.05, 0.1) is 6.42 Å². The molecule has 0 aliphatic heterocycles. The molecule has 0 bridgehead atoms. The minimum atomic E-state index is -1.36. The van der Waals surface area contributed by atoms with E-state index in [1.54, 1.807) is 0 Å². The fourth-order valence-corrected chi connectivity index (χ4v) is 1.88. The normalized spacial score (nSPS) is 12.9. The molecule has 10 heteroatoms. The standard InChI is InChI=1S/C13H23N3O7/c14-6-2-1-3-8(7-11(19)20)15-13(23)16-9(12(21)22)4-5-10(17)18/h8-9H,1-7,14H2,(H,17,18)(H,19,20)(H,21,22)(H2,15,16,23). The van der Waals surface area contributed by atoms with Gasteiger partial charge in [0.25, 0.3) is 0 Å². The molecule has 23 heavy (non-hydrogen) atoms. The van der Waals surface area contributed by atoms with E-state index in [0.717, 1.165) is 0 Å². The average Bonchev–Trinajstić information content (AvgIpc) is 2.42. The van der Waals surface area contributed by atoms with Crippen LogP contribution in [0.15, 0.2) is 0 Å². The van der Waals surface area contributed by atoms with Crippen molar-refractivity contribution in [1.29, 1.82) is 0 Å². The molecular formula is C13H23N3O7. The number of carbonyl (C=O) groups excluding carboxylic acids is 1. The Kier molecular flexibility index (Phi) is 10.1. The number of nitrogens with two attached hydrogens (primary N) is 1. The molecule has 0 aliphatic carbocycles. The Labute approximate surface area is 133 Å². The van der Waals surface area contributed by atoms with E-state index in [4.69, 9.17) is 21.1 Å². The Balaban J connectivity index is 4.52. The maximum Gasteiger partial charge on any atom is 0.326 e. The van der Waals surface area contributed by atoms with Crippen LogP contribution in [0, 0.1) is 0 Å². The van der Waals surface area contributed by atoms with Crippen molar-refractivity contribution in [3.63, 3.8) is 0 Å². The van der Waals surface area contributed by atoms with Gasteiger partial charge in [-0.1, -0.05) is 6.42 Å². The lowest BCUT2D eigenvalue weighted by atomic mass is 10.1. The van der Waals surface area contributed by atoms with Gasteiger partial charge in [0.15, 0.2) is 0 Å². The molecule has 0 fully saturated rings. The van der Waals surface area contributed by atoms with Crippen LogP contribution in [-0.4, -0.2) is 57.9 Å². The molecule has 0 spiro atoms. The van der Waals surface area contributed by atoms with Crippen LogP contribution in [0.5, 0.6) is 0 Å². The van der Waals surface area contributed by atoms with Crippen molar-refractivity contribution in [3.8, 4) is 0 Å². The summed E-state index contributed by atoms with van der Waals surface area (Å²) < 4.78 is 0. The van der Waals surface area contributed by atoms with Gasteiger partial charge in [-0.3, -0.25) is 9.59 Å². The predicted molar refractivity (Wildman–Crippen MR) is 78.9 cm³/mol. The summed E-state index contributed by atoms with van der Waals surface area (Å²) >= 11 is 0. The van der Waals surface area contributed by atoms with Crippen molar-refractivity contribution in [2.45, 2.75) is 50.6 Å². The van der Waals surface area contributed by atoms with E-state index in [1.165, 1.54) is 0 Å². The van der Waals surface area contributed by atoms with E-state index in [1.807, 2.05) is 0 Å². The number of urea groups is 1. The van der Waals surface area contributed by atoms with Crippen LogP contribution in [0.25, 0.3) is 0 Å². The number of amides is 2. The first-order chi connectivity index (χ1) is 10.8. The summed E-state index contributed by atoms with van der Waals surface area (Å²) in [5.41, 5.74) is 5.34. The van der Waals surface area contributed by atoms with Gasteiger partial charge >= 0.3 is 23.9 Å². The second-order valence-corrected chi connectivity index (χ2v) is 5.02. The highest BCUT2D eigenvalue weighted by molar-refractivity contribution is 5.83. The topological polar surface area (TPSA) is 179 Å². The summed E-state index contributed by atoms with van der Waals surface area (Å²) in [5.74, 6) is -3.63. The Morgan fingerprint density at radius 3 is 2.04 bits per heavy atom. The number of carboxylic acids is 3. The summed E-state index contributed by atoms with van der Waals surface area (Å²) in [4.78, 5) is 44.0. The minimum absolute atomic E-state index is 0.269. The largest absolute Gasteiger partial charge is 0.481 e. The molecule has 0 radical (unpaired) electrons. The zero-order valence-electron chi connectivity index (χ0n) is 12.7. The Morgan fingerprint density at radius 1 is 0.913 bits per heavy atom. The summed E-state index contributed by atoms with van der Waals surface area (Å²) in [7, 11) is 0. The first-order valence-electron chi connectivity index (χ1n) is 7.19. The molecular weight excluding hydrogens is 310 g/mol. The van der Waals surface area contributed by atoms with Crippen molar-refractivity contribution in [1.82, 2.24) is 10.6 Å². The summed E-state index contributed by atoms with van der Waals surface area (Å²) in [6.07, 6.45) is 0.710. The molecule has 7 N–H and O–H groups in total. The van der Waals surface area contributed by atoms with Crippen LogP contribution in [0.4, 0.5) is 4.79 Å². The van der Waals surface area contributed by atoms with Crippen LogP contribution in [0.1, 0.15) is 38.5 Å². The number of carboxylic acid groups (broad SMARTS) is 3. The fourth-order valence-electron chi connectivity index (χ4n) is 1.88. The van der Waals surface area contributed by atoms with Crippen LogP contribution in [-0.2, 0) is 14.4 Å². The highest BCUT2D eigenvalue weighted by Gasteiger charge is 2.23. The SMILES string of the molecule is NCCCCC(CC(=O)O)NC(=O)NC(CCC(=O)O)C(=O)O. The fraction of sp³-hybridized carbons (Fsp3) is 0.692. The number of hydrogen-bond donors (Lipinski definition) is 6. The Morgan fingerprint density at radius 2 is 1.57 bits per heavy atom. The van der Waals surface area contributed by atoms with Gasteiger partial charge in [0.1, 0.15) is 6.04 Å². The van der Waals surface area contributed by atoms with E-state index in [0.29, 0.717) is 25.8 Å². The molecule has 2 amide bonds. The van der Waals surface area contributed by atoms with Crippen LogP contribution >= 0.6 is 0 Å². The van der Waals surface area contributed by atoms with E-state index in [9.17, 15) is 19.2 Å². The van der Waals surface area contributed by atoms with Crippen molar-refractivity contribution in [2.24, 2.45) is 5.73 Å². The quantitative estimate of drug-likeness (QED) is 0.260. The summed E-state index contributed by atoms with van der Waals surface area (Å²) in [6, 6.07) is -2.87. The average molecular weight is 333 g/mol. The van der Waals surface area contributed by atoms with E-state index >= 15 is 0 Å². The number of carbonyl (C=O) groups is 4. The third kappa shape index (κ3) is 10.9. The van der Waals surface area contributed by atoms with Crippen molar-refractivity contribution >= 4 is 23.9 Å². The first kappa shape index (κ1) is 20.6. The highest BCUT2D eigenvalue weighted by Crippen LogP contribution is 2.05. The zero-order valence-corrected chi connectivity index (χ0v) is 12.7. The van der Waals surface area contributed by atoms with Crippen molar-refractivity contribution in [3.05, 3.63) is 0 Å². The highest BCUT2D eigenvalue weighted by atomic mass is 16.4. The monoisotopic (exact) mass is 333 g/mol. The molecule has 2 unspecified atom stereocenters. The van der Waals surface area contributed by atoms with Gasteiger partial charge in [-0.25, -0.2) is 9.59 Å². The second kappa shape index (κ2) is 11.2. The third-order valence-corrected chi connectivity index (χ3v) is 3.01. The Hall–Kier alpha value is -2.36. The van der Waals surface area contributed by atoms with E-state index < -0.39 is 42.4 Å². The van der Waals surface area contributed by atoms with Crippen molar-refractivity contribution in [2.75, 3.05) is 6.54 Å². The number of unbranched alkanes of at least 4 members (excludes halogenated alkanes) is 1. The number of nitrogens with one attached hydrogen (secondary N) is 2. The molecule has 2 atom stereocenters. The lowest BCUT2D eigenvalue weighted by Crippen LogP contribution is -2.49. The van der Waals surface area contributed by atoms with Gasteiger partial charge in [-0.2, -0.15) is 0 Å². The molecule has 0 saturated carbocycles. The molecule has 10 nitrogen and oxygen atoms in total. The van der Waals surface area contributed by atoms with Gasteiger partial charge in [-0.15, -0.1) is 0 Å². The lowest BCUT2D eigenvalue weighted by Gasteiger charge is -2.19. The lowest BCUT2D eigenvalue weighted by molar-refractivity contribution is -0.141. The summed E-state index contributed by atoms with van der Waals surface area (Å²) in [5, 5.41) is 30.8. The van der Waals surface area contributed by atoms with Gasteiger partial charge in [0.2, 0.25) is 0 Å². The smallest absolute Gasteiger partial charge is 0.326 e. The molecule has 0 aromatic rings. The molecule has 0 aliphatic rings. The molecule has 0 saturated heterocycles. The zero-order chi connectivity index (χ0) is 17.8. The maximum absolute atomic E-state index is 11.8. The van der Waals surface area contributed by atoms with Gasteiger partial charge < -0.3 is 31.7 Å². The van der Waals surface area contributed by atoms with Gasteiger partial charge in [-0.05, 0) is 25.8 Å². The molecule has 132 valence electrons. The number of hydrogen-bond acceptors (Lipinski definition) is 5. The predicted octanol–water partition coefficient (Wildman–Crippen LogP) is -0.424. The maximum atomic E-state index is 11.8. The summed E-state index contributed by atoms with van der Waals surface area (Å²) in [6.45, 7) is 0.447. The second-order valence-electron chi connectivity index (χ2n) is 5.02. The van der Waals surface area contributed by atoms with E-state index in [-0.39, 0.29) is 12.8 Å². The van der Waals surface area contributed by atoms with Crippen LogP contribution in [0.2, 0.25) is 0 Å². The molecule has 0 aromatic heterocycles.